The van der Waals surface area contributed by atoms with E-state index in [9.17, 15) is 10.1 Å². The van der Waals surface area contributed by atoms with Crippen molar-refractivity contribution in [3.05, 3.63) is 45.7 Å². The van der Waals surface area contributed by atoms with Crippen molar-refractivity contribution in [2.24, 2.45) is 0 Å². The molecule has 0 radical (unpaired) electrons. The Kier molecular flexibility index (Phi) is 5.27. The summed E-state index contributed by atoms with van der Waals surface area (Å²) < 4.78 is 0. The zero-order valence-electron chi connectivity index (χ0n) is 13.6. The van der Waals surface area contributed by atoms with E-state index in [0.29, 0.717) is 10.7 Å². The Bertz CT molecular complexity index is 765. The first-order valence-corrected chi connectivity index (χ1v) is 8.13. The van der Waals surface area contributed by atoms with Crippen molar-refractivity contribution in [2.45, 2.75) is 0 Å². The van der Waals surface area contributed by atoms with Crippen LogP contribution in [0.5, 0.6) is 0 Å². The van der Waals surface area contributed by atoms with Gasteiger partial charge in [0.25, 0.3) is 0 Å². The van der Waals surface area contributed by atoms with Gasteiger partial charge in [-0.05, 0) is 25.2 Å². The molecule has 2 N–H and O–H groups in total. The maximum Gasteiger partial charge on any atom is 0.354 e. The minimum absolute atomic E-state index is 0.110. The lowest BCUT2D eigenvalue weighted by molar-refractivity contribution is -0.383. The largest absolute Gasteiger partial charge is 0.354 e. The first-order chi connectivity index (χ1) is 12.0. The number of aromatic nitrogens is 2. The van der Waals surface area contributed by atoms with E-state index < -0.39 is 4.92 Å². The summed E-state index contributed by atoms with van der Waals surface area (Å²) in [5, 5.41) is 17.0. The highest BCUT2D eigenvalue weighted by molar-refractivity contribution is 6.30. The number of rotatable bonds is 5. The zero-order valence-corrected chi connectivity index (χ0v) is 14.4. The predicted octanol–water partition coefficient (Wildman–Crippen LogP) is 2.36. The fraction of sp³-hybridized carbons (Fsp3) is 0.333. The van der Waals surface area contributed by atoms with E-state index in [1.807, 2.05) is 12.1 Å². The summed E-state index contributed by atoms with van der Waals surface area (Å²) in [6.45, 7) is 3.24. The second-order valence-electron chi connectivity index (χ2n) is 5.71. The second-order valence-corrected chi connectivity index (χ2v) is 6.15. The highest BCUT2D eigenvalue weighted by Gasteiger charge is 2.25. The molecule has 132 valence electrons. The molecule has 0 bridgehead atoms. The Morgan fingerprint density at radius 3 is 2.60 bits per heavy atom. The first-order valence-electron chi connectivity index (χ1n) is 7.75. The van der Waals surface area contributed by atoms with Gasteiger partial charge in [0, 0.05) is 36.9 Å². The van der Waals surface area contributed by atoms with Crippen LogP contribution >= 0.6 is 11.6 Å². The van der Waals surface area contributed by atoms with Crippen LogP contribution in [0.15, 0.2) is 30.6 Å². The molecule has 9 nitrogen and oxygen atoms in total. The fourth-order valence-corrected chi connectivity index (χ4v) is 2.69. The third-order valence-corrected chi connectivity index (χ3v) is 4.09. The second kappa shape index (κ2) is 7.60. The molecule has 1 aromatic carbocycles. The van der Waals surface area contributed by atoms with E-state index in [1.165, 1.54) is 6.33 Å². The molecule has 1 saturated heterocycles. The molecule has 1 aromatic heterocycles. The van der Waals surface area contributed by atoms with Crippen LogP contribution in [0.25, 0.3) is 0 Å². The monoisotopic (exact) mass is 363 g/mol. The Balaban J connectivity index is 1.85. The number of nitrogens with zero attached hydrogens (tertiary/aromatic N) is 5. The normalized spacial score (nSPS) is 15.8. The maximum absolute atomic E-state index is 11.6. The van der Waals surface area contributed by atoms with E-state index >= 15 is 0 Å². The van der Waals surface area contributed by atoms with Gasteiger partial charge in [-0.1, -0.05) is 17.7 Å². The molecule has 1 aliphatic rings. The number of hydrazine groups is 1. The Labute approximate surface area is 149 Å². The van der Waals surface area contributed by atoms with Gasteiger partial charge in [0.15, 0.2) is 0 Å². The van der Waals surface area contributed by atoms with Crippen molar-refractivity contribution in [1.29, 1.82) is 0 Å². The minimum Gasteiger partial charge on any atom is -0.334 e. The standard InChI is InChI=1S/C15H18ClN7O2/c1-21-5-7-22(8-6-21)20-15-13(23(24)25)14(17-10-18-15)19-12-4-2-3-11(16)9-12/h2-4,9-10H,5-8H2,1H3,(H2,17,18,19,20). The van der Waals surface area contributed by atoms with E-state index in [2.05, 4.69) is 25.6 Å². The van der Waals surface area contributed by atoms with Crippen molar-refractivity contribution in [1.82, 2.24) is 19.9 Å². The van der Waals surface area contributed by atoms with Crippen molar-refractivity contribution in [2.75, 3.05) is 44.0 Å². The highest BCUT2D eigenvalue weighted by Crippen LogP contribution is 2.32. The molecule has 0 spiro atoms. The third-order valence-electron chi connectivity index (χ3n) is 3.86. The van der Waals surface area contributed by atoms with Gasteiger partial charge in [0.05, 0.1) is 4.92 Å². The van der Waals surface area contributed by atoms with Crippen molar-refractivity contribution >= 4 is 34.6 Å². The summed E-state index contributed by atoms with van der Waals surface area (Å²) in [6, 6.07) is 6.90. The Morgan fingerprint density at radius 1 is 1.20 bits per heavy atom. The molecular weight excluding hydrogens is 346 g/mol. The molecule has 10 heteroatoms. The van der Waals surface area contributed by atoms with Gasteiger partial charge in [-0.15, -0.1) is 0 Å². The topological polar surface area (TPSA) is 99.5 Å². The lowest BCUT2D eigenvalue weighted by Gasteiger charge is -2.32. The Morgan fingerprint density at radius 2 is 1.92 bits per heavy atom. The fourth-order valence-electron chi connectivity index (χ4n) is 2.50. The van der Waals surface area contributed by atoms with Crippen LogP contribution in [0, 0.1) is 10.1 Å². The number of halogens is 1. The number of benzene rings is 1. The molecule has 0 unspecified atom stereocenters. The summed E-state index contributed by atoms with van der Waals surface area (Å²) in [5.41, 5.74) is 3.44. The molecule has 0 aliphatic carbocycles. The number of hydrogen-bond acceptors (Lipinski definition) is 8. The van der Waals surface area contributed by atoms with Gasteiger partial charge < -0.3 is 10.2 Å². The number of piperazine rings is 1. The predicted molar refractivity (Wildman–Crippen MR) is 96.1 cm³/mol. The third kappa shape index (κ3) is 4.32. The SMILES string of the molecule is CN1CCN(Nc2ncnc(Nc3cccc(Cl)c3)c2[N+](=O)[O-])CC1. The highest BCUT2D eigenvalue weighted by atomic mass is 35.5. The summed E-state index contributed by atoms with van der Waals surface area (Å²) in [4.78, 5) is 21.3. The quantitative estimate of drug-likeness (QED) is 0.617. The zero-order chi connectivity index (χ0) is 17.8. The van der Waals surface area contributed by atoms with Gasteiger partial charge in [-0.25, -0.2) is 15.0 Å². The van der Waals surface area contributed by atoms with Gasteiger partial charge in [0.1, 0.15) is 6.33 Å². The van der Waals surface area contributed by atoms with Crippen LogP contribution in [0.1, 0.15) is 0 Å². The number of likely N-dealkylation sites (N-methyl/N-ethyl adjacent to an activating group) is 1. The number of anilines is 3. The smallest absolute Gasteiger partial charge is 0.334 e. The molecule has 25 heavy (non-hydrogen) atoms. The van der Waals surface area contributed by atoms with E-state index in [4.69, 9.17) is 11.6 Å². The lowest BCUT2D eigenvalue weighted by atomic mass is 10.3. The minimum atomic E-state index is -0.495. The van der Waals surface area contributed by atoms with Crippen molar-refractivity contribution < 1.29 is 4.92 Å². The average molecular weight is 364 g/mol. The average Bonchev–Trinajstić information content (AvgIpc) is 2.57. The van der Waals surface area contributed by atoms with Crippen LogP contribution in [-0.4, -0.2) is 58.0 Å². The van der Waals surface area contributed by atoms with Gasteiger partial charge in [-0.3, -0.25) is 15.5 Å². The maximum atomic E-state index is 11.6. The number of nitro groups is 1. The molecule has 0 atom stereocenters. The summed E-state index contributed by atoms with van der Waals surface area (Å²) in [5.74, 6) is 0.271. The van der Waals surface area contributed by atoms with Crippen LogP contribution < -0.4 is 10.7 Å². The Hall–Kier alpha value is -2.49. The molecule has 3 rings (SSSR count). The summed E-state index contributed by atoms with van der Waals surface area (Å²) in [7, 11) is 2.04. The molecule has 1 fully saturated rings. The van der Waals surface area contributed by atoms with Crippen LogP contribution in [0.3, 0.4) is 0 Å². The summed E-state index contributed by atoms with van der Waals surface area (Å²) in [6.07, 6.45) is 1.29. The van der Waals surface area contributed by atoms with E-state index in [1.54, 1.807) is 24.3 Å². The summed E-state index contributed by atoms with van der Waals surface area (Å²) >= 11 is 5.96. The van der Waals surface area contributed by atoms with Crippen molar-refractivity contribution in [3.63, 3.8) is 0 Å². The van der Waals surface area contributed by atoms with Crippen LogP contribution in [0.4, 0.5) is 23.0 Å². The molecule has 1 aliphatic heterocycles. The molecule has 0 saturated carbocycles. The first kappa shape index (κ1) is 17.3. The lowest BCUT2D eigenvalue weighted by Crippen LogP contribution is -2.47. The van der Waals surface area contributed by atoms with Gasteiger partial charge in [0.2, 0.25) is 11.6 Å². The molecule has 2 heterocycles. The number of nitrogens with one attached hydrogen (secondary N) is 2. The van der Waals surface area contributed by atoms with Gasteiger partial charge >= 0.3 is 5.69 Å². The van der Waals surface area contributed by atoms with E-state index in [-0.39, 0.29) is 17.3 Å². The molecular formula is C15H18ClN7O2. The van der Waals surface area contributed by atoms with Crippen LogP contribution in [-0.2, 0) is 0 Å². The van der Waals surface area contributed by atoms with E-state index in [0.717, 1.165) is 26.2 Å². The van der Waals surface area contributed by atoms with Crippen LogP contribution in [0.2, 0.25) is 5.02 Å². The molecule has 0 amide bonds. The van der Waals surface area contributed by atoms with Crippen molar-refractivity contribution in [3.8, 4) is 0 Å². The molecule has 2 aromatic rings. The number of hydrogen-bond donors (Lipinski definition) is 2. The van der Waals surface area contributed by atoms with Gasteiger partial charge in [-0.2, -0.15) is 0 Å².